The monoisotopic (exact) mass is 404 g/mol. The molecule has 1 atom stereocenters. The molecule has 0 spiro atoms. The van der Waals surface area contributed by atoms with Crippen LogP contribution in [0.4, 0.5) is 11.6 Å². The Balaban J connectivity index is 1.92. The highest BCUT2D eigenvalue weighted by atomic mass is 16.5. The second kappa shape index (κ2) is 7.78. The number of hydrogen-bond acceptors (Lipinski definition) is 8. The second-order valence-corrected chi connectivity index (χ2v) is 6.93. The Labute approximate surface area is 172 Å². The van der Waals surface area contributed by atoms with Crippen LogP contribution in [0.15, 0.2) is 60.2 Å². The molecule has 1 N–H and O–H groups in total. The minimum atomic E-state index is -0.695. The summed E-state index contributed by atoms with van der Waals surface area (Å²) < 4.78 is 6.17. The Morgan fingerprint density at radius 3 is 2.40 bits per heavy atom. The van der Waals surface area contributed by atoms with Gasteiger partial charge in [-0.2, -0.15) is 4.68 Å². The van der Waals surface area contributed by atoms with Crippen LogP contribution in [0.2, 0.25) is 0 Å². The third-order valence-electron chi connectivity index (χ3n) is 4.90. The maximum Gasteiger partial charge on any atom is 0.357 e. The minimum absolute atomic E-state index is 0.00760. The summed E-state index contributed by atoms with van der Waals surface area (Å²) >= 11 is 0. The molecule has 4 rings (SSSR count). The Kier molecular flexibility index (Phi) is 5.01. The number of hydrogen-bond donors (Lipinski definition) is 1. The fraction of sp³-hybridized carbons (Fsp3) is 0.190. The number of tetrazole rings is 1. The average Bonchev–Trinajstić information content (AvgIpc) is 3.26. The van der Waals surface area contributed by atoms with Crippen molar-refractivity contribution in [3.63, 3.8) is 0 Å². The summed E-state index contributed by atoms with van der Waals surface area (Å²) in [6, 6.07) is 15.8. The molecular formula is C21H20N6O3. The molecule has 0 bridgehead atoms. The molecule has 0 amide bonds. The molecule has 1 aromatic heterocycles. The smallest absolute Gasteiger partial charge is 0.357 e. The number of ether oxygens (including phenoxy) is 1. The van der Waals surface area contributed by atoms with E-state index in [4.69, 9.17) is 4.74 Å². The van der Waals surface area contributed by atoms with E-state index in [9.17, 15) is 9.59 Å². The Hall–Kier alpha value is -4.01. The molecule has 2 heterocycles. The van der Waals surface area contributed by atoms with Crippen molar-refractivity contribution in [3.8, 4) is 0 Å². The molecule has 9 heteroatoms. The molecule has 30 heavy (non-hydrogen) atoms. The number of benzene rings is 2. The van der Waals surface area contributed by atoms with Gasteiger partial charge in [-0.05, 0) is 28.1 Å². The Bertz CT molecular complexity index is 1120. The van der Waals surface area contributed by atoms with Crippen molar-refractivity contribution in [2.75, 3.05) is 31.4 Å². The third-order valence-corrected chi connectivity index (χ3v) is 4.90. The number of rotatable bonds is 5. The van der Waals surface area contributed by atoms with Crippen LogP contribution in [0.1, 0.15) is 22.0 Å². The number of esters is 1. The highest BCUT2D eigenvalue weighted by Gasteiger charge is 2.38. The lowest BCUT2D eigenvalue weighted by atomic mass is 9.89. The van der Waals surface area contributed by atoms with E-state index in [0.717, 1.165) is 11.3 Å². The van der Waals surface area contributed by atoms with E-state index in [1.54, 1.807) is 24.3 Å². The average molecular weight is 404 g/mol. The molecule has 152 valence electrons. The number of carbonyl (C=O) groups is 2. The maximum absolute atomic E-state index is 13.5. The van der Waals surface area contributed by atoms with E-state index >= 15 is 0 Å². The number of carbonyl (C=O) groups excluding carboxylic acids is 2. The lowest BCUT2D eigenvalue weighted by molar-refractivity contribution is -0.134. The van der Waals surface area contributed by atoms with E-state index in [2.05, 4.69) is 20.8 Å². The predicted molar refractivity (Wildman–Crippen MR) is 111 cm³/mol. The van der Waals surface area contributed by atoms with E-state index in [-0.39, 0.29) is 23.0 Å². The number of Topliss-reactive ketones (excluding diaryl/α,β-unsaturated/α-hetero) is 1. The predicted octanol–water partition coefficient (Wildman–Crippen LogP) is 2.17. The summed E-state index contributed by atoms with van der Waals surface area (Å²) in [5, 5.41) is 14.6. The molecule has 0 aliphatic carbocycles. The van der Waals surface area contributed by atoms with Gasteiger partial charge < -0.3 is 15.0 Å². The molecule has 0 fully saturated rings. The highest BCUT2D eigenvalue weighted by Crippen LogP contribution is 2.37. The van der Waals surface area contributed by atoms with Crippen LogP contribution in [-0.4, -0.2) is 53.2 Å². The summed E-state index contributed by atoms with van der Waals surface area (Å²) in [7, 11) is 5.15. The molecule has 1 aliphatic rings. The van der Waals surface area contributed by atoms with Gasteiger partial charge >= 0.3 is 5.97 Å². The van der Waals surface area contributed by atoms with Gasteiger partial charge in [-0.15, -0.1) is 0 Å². The molecule has 1 aliphatic heterocycles. The lowest BCUT2D eigenvalue weighted by Gasteiger charge is -2.28. The van der Waals surface area contributed by atoms with Crippen LogP contribution in [-0.2, 0) is 9.53 Å². The minimum Gasteiger partial charge on any atom is -0.464 e. The van der Waals surface area contributed by atoms with Gasteiger partial charge in [-0.3, -0.25) is 4.79 Å². The van der Waals surface area contributed by atoms with Crippen LogP contribution in [0, 0.1) is 0 Å². The van der Waals surface area contributed by atoms with Crippen LogP contribution >= 0.6 is 0 Å². The number of nitrogens with zero attached hydrogens (tertiary/aromatic N) is 5. The fourth-order valence-corrected chi connectivity index (χ4v) is 3.37. The number of anilines is 2. The van der Waals surface area contributed by atoms with Crippen molar-refractivity contribution < 1.29 is 14.3 Å². The number of fused-ring (bicyclic) bond motifs is 1. The first-order valence-electron chi connectivity index (χ1n) is 9.26. The van der Waals surface area contributed by atoms with Gasteiger partial charge in [0.05, 0.1) is 18.7 Å². The lowest BCUT2D eigenvalue weighted by Crippen LogP contribution is -2.31. The molecule has 2 aromatic carbocycles. The molecule has 0 saturated heterocycles. The first-order valence-corrected chi connectivity index (χ1v) is 9.26. The maximum atomic E-state index is 13.5. The van der Waals surface area contributed by atoms with Gasteiger partial charge in [-0.25, -0.2) is 4.79 Å². The summed E-state index contributed by atoms with van der Waals surface area (Å²) in [5.74, 6) is -0.757. The van der Waals surface area contributed by atoms with Crippen molar-refractivity contribution in [1.82, 2.24) is 20.2 Å². The first kappa shape index (κ1) is 19.3. The van der Waals surface area contributed by atoms with Gasteiger partial charge in [0.15, 0.2) is 11.5 Å². The van der Waals surface area contributed by atoms with Gasteiger partial charge in [0.1, 0.15) is 0 Å². The molecule has 9 nitrogen and oxygen atoms in total. The summed E-state index contributed by atoms with van der Waals surface area (Å²) in [5.41, 5.74) is 2.45. The van der Waals surface area contributed by atoms with E-state index in [1.165, 1.54) is 11.8 Å². The van der Waals surface area contributed by atoms with Gasteiger partial charge in [0, 0.05) is 25.3 Å². The van der Waals surface area contributed by atoms with Crippen molar-refractivity contribution >= 4 is 29.1 Å². The van der Waals surface area contributed by atoms with Crippen molar-refractivity contribution in [1.29, 1.82) is 0 Å². The topological polar surface area (TPSA) is 102 Å². The molecule has 0 radical (unpaired) electrons. The molecule has 3 aromatic rings. The normalized spacial score (nSPS) is 15.2. The van der Waals surface area contributed by atoms with E-state index in [0.29, 0.717) is 5.56 Å². The Morgan fingerprint density at radius 2 is 1.77 bits per heavy atom. The van der Waals surface area contributed by atoms with Crippen molar-refractivity contribution in [2.45, 2.75) is 6.04 Å². The standard InChI is InChI=1S/C21H20N6O3/c1-26(2)15-11-9-13(10-12-15)17-16(19(28)14-7-5-4-6-8-14)18(20(29)30-3)27-21(22-17)23-24-25-27/h4-12,17H,1-3H3,(H,22,23,25). The number of methoxy groups -OCH3 is 1. The van der Waals surface area contributed by atoms with Crippen molar-refractivity contribution in [3.05, 3.63) is 71.3 Å². The van der Waals surface area contributed by atoms with Crippen LogP contribution in [0.25, 0.3) is 5.70 Å². The van der Waals surface area contributed by atoms with E-state index in [1.807, 2.05) is 49.3 Å². The molecule has 1 unspecified atom stereocenters. The zero-order valence-corrected chi connectivity index (χ0v) is 16.7. The number of ketones is 1. The Morgan fingerprint density at radius 1 is 1.07 bits per heavy atom. The zero-order chi connectivity index (χ0) is 21.3. The van der Waals surface area contributed by atoms with Crippen LogP contribution in [0.3, 0.4) is 0 Å². The quantitative estimate of drug-likeness (QED) is 0.510. The van der Waals surface area contributed by atoms with E-state index < -0.39 is 12.0 Å². The SMILES string of the molecule is COC(=O)C1=C(C(=O)c2ccccc2)C(c2ccc(N(C)C)cc2)Nc2nnnn21. The van der Waals surface area contributed by atoms with Gasteiger partial charge in [0.25, 0.3) is 0 Å². The van der Waals surface area contributed by atoms with Crippen LogP contribution < -0.4 is 10.2 Å². The fourth-order valence-electron chi connectivity index (χ4n) is 3.37. The number of aromatic nitrogens is 4. The highest BCUT2D eigenvalue weighted by molar-refractivity contribution is 6.24. The van der Waals surface area contributed by atoms with Gasteiger partial charge in [-0.1, -0.05) is 47.6 Å². The zero-order valence-electron chi connectivity index (χ0n) is 16.7. The summed E-state index contributed by atoms with van der Waals surface area (Å²) in [6.45, 7) is 0. The molecular weight excluding hydrogens is 384 g/mol. The summed E-state index contributed by atoms with van der Waals surface area (Å²) in [6.07, 6.45) is 0. The number of nitrogens with one attached hydrogen (secondary N) is 1. The van der Waals surface area contributed by atoms with Crippen LogP contribution in [0.5, 0.6) is 0 Å². The van der Waals surface area contributed by atoms with Crippen molar-refractivity contribution in [2.24, 2.45) is 0 Å². The largest absolute Gasteiger partial charge is 0.464 e. The summed E-state index contributed by atoms with van der Waals surface area (Å²) in [4.78, 5) is 28.2. The molecule has 0 saturated carbocycles. The second-order valence-electron chi connectivity index (χ2n) is 6.93. The third kappa shape index (κ3) is 3.30. The first-order chi connectivity index (χ1) is 14.5. The van der Waals surface area contributed by atoms with Gasteiger partial charge in [0.2, 0.25) is 5.95 Å².